The molecule has 0 atom stereocenters. The third-order valence-corrected chi connectivity index (χ3v) is 11.5. The second-order valence-electron chi connectivity index (χ2n) is 17.5. The third kappa shape index (κ3) is 7.00. The Morgan fingerprint density at radius 3 is 2.21 bits per heavy atom. The van der Waals surface area contributed by atoms with Crippen LogP contribution in [-0.2, 0) is 17.3 Å². The molecule has 58 heavy (non-hydrogen) atoms. The molecule has 290 valence electrons. The van der Waals surface area contributed by atoms with E-state index in [4.69, 9.17) is 13.8 Å². The van der Waals surface area contributed by atoms with Crippen molar-refractivity contribution in [2.75, 3.05) is 23.0 Å². The lowest BCUT2D eigenvalue weighted by molar-refractivity contribution is 0.483. The highest BCUT2D eigenvalue weighted by atomic mass is 16.5. The molecule has 0 radical (unpaired) electrons. The fourth-order valence-electron chi connectivity index (χ4n) is 8.29. The molecule has 5 heteroatoms. The van der Waals surface area contributed by atoms with Crippen LogP contribution in [0.3, 0.4) is 0 Å². The Morgan fingerprint density at radius 1 is 0.655 bits per heavy atom. The van der Waals surface area contributed by atoms with Crippen LogP contribution in [0.5, 0.6) is 11.5 Å². The Balaban J connectivity index is 1.07. The summed E-state index contributed by atoms with van der Waals surface area (Å²) < 4.78 is 34.1. The SMILES string of the molecule is [2H]C([2H])([2H])c1ccc(C(C)(C)C)cc1CCN1CN(c2cccc(Oc3ccc4c5ccccc5n(-c5cc(C(C)(C)C)ccn5)c4c3)c2)c2cccc(-c3ccccc3)c21. The molecule has 9 rings (SSSR count). The number of ether oxygens (including phenoxy) is 1. The number of para-hydroxylation sites is 2. The Hall–Kier alpha value is -6.33. The van der Waals surface area contributed by atoms with Gasteiger partial charge in [-0.1, -0.05) is 126 Å². The van der Waals surface area contributed by atoms with Crippen LogP contribution in [0.2, 0.25) is 0 Å². The van der Waals surface area contributed by atoms with Crippen LogP contribution in [0.15, 0.2) is 152 Å². The molecule has 0 saturated heterocycles. The van der Waals surface area contributed by atoms with Crippen LogP contribution in [0, 0.1) is 6.85 Å². The Labute approximate surface area is 347 Å². The number of nitrogens with zero attached hydrogens (tertiary/aromatic N) is 4. The molecule has 5 nitrogen and oxygen atoms in total. The predicted octanol–water partition coefficient (Wildman–Crippen LogP) is 13.7. The number of hydrogen-bond donors (Lipinski definition) is 0. The van der Waals surface area contributed by atoms with Crippen molar-refractivity contribution in [2.45, 2.75) is 65.6 Å². The standard InChI is InChI=1S/C53H52N4O/c1-36-23-24-39(52(2,3)4)31-38(36)28-30-55-35-56(48-22-14-20-44(51(48)55)37-15-9-8-10-16-37)41-17-13-18-42(33-41)58-43-25-26-46-45-19-11-12-21-47(45)57(49(46)34-43)50-32-40(27-29-54-50)53(5,6)7/h8-27,29,31-34H,28,30,35H2,1-7H3/i1D3. The molecule has 0 bridgehead atoms. The summed E-state index contributed by atoms with van der Waals surface area (Å²) >= 11 is 0. The van der Waals surface area contributed by atoms with Gasteiger partial charge in [-0.3, -0.25) is 4.57 Å². The fraction of sp³-hybridized carbons (Fsp3) is 0.226. The van der Waals surface area contributed by atoms with Crippen LogP contribution >= 0.6 is 0 Å². The van der Waals surface area contributed by atoms with Crippen molar-refractivity contribution in [1.29, 1.82) is 0 Å². The number of pyridine rings is 1. The van der Waals surface area contributed by atoms with E-state index in [9.17, 15) is 0 Å². The van der Waals surface area contributed by atoms with Crippen molar-refractivity contribution < 1.29 is 8.85 Å². The van der Waals surface area contributed by atoms with Gasteiger partial charge in [0, 0.05) is 51.0 Å². The molecule has 0 spiro atoms. The summed E-state index contributed by atoms with van der Waals surface area (Å²) in [5.41, 5.74) is 11.1. The van der Waals surface area contributed by atoms with Gasteiger partial charge < -0.3 is 14.5 Å². The second-order valence-corrected chi connectivity index (χ2v) is 17.5. The van der Waals surface area contributed by atoms with E-state index in [2.05, 4.69) is 165 Å². The largest absolute Gasteiger partial charge is 0.457 e. The topological polar surface area (TPSA) is 33.5 Å². The van der Waals surface area contributed by atoms with Gasteiger partial charge in [0.05, 0.1) is 29.1 Å². The summed E-state index contributed by atoms with van der Waals surface area (Å²) in [4.78, 5) is 9.59. The molecule has 0 unspecified atom stereocenters. The number of benzene rings is 6. The van der Waals surface area contributed by atoms with E-state index in [1.807, 2.05) is 42.6 Å². The average Bonchev–Trinajstić information content (AvgIpc) is 3.78. The number of aryl methyl sites for hydroxylation is 1. The molecule has 3 heterocycles. The summed E-state index contributed by atoms with van der Waals surface area (Å²) in [7, 11) is 0. The maximum atomic E-state index is 8.38. The van der Waals surface area contributed by atoms with Crippen molar-refractivity contribution in [3.63, 3.8) is 0 Å². The summed E-state index contributed by atoms with van der Waals surface area (Å²) in [6, 6.07) is 50.2. The molecular formula is C53H52N4O. The van der Waals surface area contributed by atoms with E-state index in [1.165, 1.54) is 5.56 Å². The molecule has 1 aliphatic rings. The first-order chi connectivity index (χ1) is 29.1. The van der Waals surface area contributed by atoms with Gasteiger partial charge in [-0.05, 0) is 100 Å². The predicted molar refractivity (Wildman–Crippen MR) is 244 cm³/mol. The Morgan fingerprint density at radius 2 is 1.40 bits per heavy atom. The van der Waals surface area contributed by atoms with Crippen molar-refractivity contribution in [1.82, 2.24) is 9.55 Å². The zero-order chi connectivity index (χ0) is 42.7. The molecule has 6 aromatic carbocycles. The Bertz CT molecular complexity index is 2900. The van der Waals surface area contributed by atoms with E-state index in [0.717, 1.165) is 78.4 Å². The van der Waals surface area contributed by atoms with E-state index in [-0.39, 0.29) is 10.8 Å². The highest BCUT2D eigenvalue weighted by Crippen LogP contribution is 2.47. The van der Waals surface area contributed by atoms with Gasteiger partial charge in [0.1, 0.15) is 17.3 Å². The van der Waals surface area contributed by atoms with Gasteiger partial charge in [0.25, 0.3) is 0 Å². The maximum Gasteiger partial charge on any atom is 0.137 e. The normalized spacial score (nSPS) is 14.1. The van der Waals surface area contributed by atoms with Gasteiger partial charge in [0.15, 0.2) is 0 Å². The molecule has 0 fully saturated rings. The lowest BCUT2D eigenvalue weighted by atomic mass is 9.85. The highest BCUT2D eigenvalue weighted by Gasteiger charge is 2.30. The van der Waals surface area contributed by atoms with Crippen LogP contribution in [-0.4, -0.2) is 22.8 Å². The van der Waals surface area contributed by atoms with Crippen molar-refractivity contribution in [3.8, 4) is 28.4 Å². The van der Waals surface area contributed by atoms with Crippen molar-refractivity contribution in [3.05, 3.63) is 174 Å². The van der Waals surface area contributed by atoms with Crippen molar-refractivity contribution >= 4 is 38.9 Å². The molecule has 2 aromatic heterocycles. The number of hydrogen-bond acceptors (Lipinski definition) is 4. The summed E-state index contributed by atoms with van der Waals surface area (Å²) in [5.74, 6) is 2.34. The quantitative estimate of drug-likeness (QED) is 0.154. The molecular weight excluding hydrogens is 709 g/mol. The summed E-state index contributed by atoms with van der Waals surface area (Å²) in [6.07, 6.45) is 2.49. The monoisotopic (exact) mass is 763 g/mol. The lowest BCUT2D eigenvalue weighted by Crippen LogP contribution is -2.30. The van der Waals surface area contributed by atoms with E-state index in [1.54, 1.807) is 0 Å². The van der Waals surface area contributed by atoms with Gasteiger partial charge in [0.2, 0.25) is 0 Å². The fourth-order valence-corrected chi connectivity index (χ4v) is 8.29. The molecule has 0 amide bonds. The minimum absolute atomic E-state index is 0.0208. The first kappa shape index (κ1) is 33.8. The number of anilines is 3. The zero-order valence-corrected chi connectivity index (χ0v) is 34.3. The molecule has 8 aromatic rings. The van der Waals surface area contributed by atoms with Crippen LogP contribution in [0.25, 0.3) is 38.8 Å². The molecule has 0 saturated carbocycles. The van der Waals surface area contributed by atoms with Crippen LogP contribution in [0.1, 0.15) is 67.9 Å². The average molecular weight is 764 g/mol. The van der Waals surface area contributed by atoms with E-state index >= 15 is 0 Å². The van der Waals surface area contributed by atoms with Crippen molar-refractivity contribution in [2.24, 2.45) is 0 Å². The minimum Gasteiger partial charge on any atom is -0.457 e. The first-order valence-corrected chi connectivity index (χ1v) is 20.3. The highest BCUT2D eigenvalue weighted by molar-refractivity contribution is 6.09. The number of rotatable bonds is 8. The van der Waals surface area contributed by atoms with Gasteiger partial charge in [-0.2, -0.15) is 0 Å². The van der Waals surface area contributed by atoms with E-state index < -0.39 is 6.85 Å². The second kappa shape index (κ2) is 14.6. The zero-order valence-electron chi connectivity index (χ0n) is 37.3. The number of aromatic nitrogens is 2. The molecule has 0 N–H and O–H groups in total. The van der Waals surface area contributed by atoms with Gasteiger partial charge in [-0.25, -0.2) is 4.98 Å². The lowest BCUT2D eigenvalue weighted by Gasteiger charge is -2.24. The molecule has 1 aliphatic heterocycles. The number of fused-ring (bicyclic) bond motifs is 4. The first-order valence-electron chi connectivity index (χ1n) is 21.8. The smallest absolute Gasteiger partial charge is 0.137 e. The Kier molecular flexibility index (Phi) is 8.48. The third-order valence-electron chi connectivity index (χ3n) is 11.5. The minimum atomic E-state index is -2.20. The van der Waals surface area contributed by atoms with Gasteiger partial charge in [-0.15, -0.1) is 0 Å². The van der Waals surface area contributed by atoms with Gasteiger partial charge >= 0.3 is 0 Å². The summed E-state index contributed by atoms with van der Waals surface area (Å²) in [5, 5.41) is 2.30. The summed E-state index contributed by atoms with van der Waals surface area (Å²) in [6.45, 7) is 12.2. The van der Waals surface area contributed by atoms with Crippen LogP contribution < -0.4 is 14.5 Å². The molecule has 0 aliphatic carbocycles. The maximum absolute atomic E-state index is 8.38. The van der Waals surface area contributed by atoms with E-state index in [0.29, 0.717) is 25.2 Å². The van der Waals surface area contributed by atoms with Crippen LogP contribution in [0.4, 0.5) is 17.1 Å².